The molecule has 3 nitrogen and oxygen atoms in total. The van der Waals surface area contributed by atoms with E-state index in [1.54, 1.807) is 0 Å². The summed E-state index contributed by atoms with van der Waals surface area (Å²) >= 11 is 0. The number of hydrogen-bond donors (Lipinski definition) is 1. The zero-order valence-electron chi connectivity index (χ0n) is 12.4. The number of rotatable bonds is 4. The maximum absolute atomic E-state index is 13.1. The molecule has 23 heavy (non-hydrogen) atoms. The van der Waals surface area contributed by atoms with Gasteiger partial charge in [0, 0.05) is 0 Å². The van der Waals surface area contributed by atoms with Crippen LogP contribution in [0.15, 0.2) is 71.6 Å². The Bertz CT molecular complexity index is 931. The van der Waals surface area contributed by atoms with Gasteiger partial charge in [-0.05, 0) is 40.6 Å². The third kappa shape index (κ3) is 2.85. The molecule has 0 spiro atoms. The molecule has 0 aliphatic heterocycles. The van der Waals surface area contributed by atoms with E-state index in [0.29, 0.717) is 0 Å². The van der Waals surface area contributed by atoms with Gasteiger partial charge in [-0.25, -0.2) is 12.8 Å². The molecule has 0 amide bonds. The van der Waals surface area contributed by atoms with Crippen LogP contribution in [0, 0.1) is 5.82 Å². The number of fused-ring (bicyclic) bond motifs is 1. The molecule has 0 saturated carbocycles. The fraction of sp³-hybridized carbons (Fsp3) is 0.111. The molecule has 0 bridgehead atoms. The quantitative estimate of drug-likeness (QED) is 0.748. The minimum Gasteiger partial charge on any atom is -0.356 e. The van der Waals surface area contributed by atoms with Crippen LogP contribution in [0.3, 0.4) is 0 Å². The summed E-state index contributed by atoms with van der Waals surface area (Å²) in [5, 5.41) is 1.12. The van der Waals surface area contributed by atoms with Gasteiger partial charge in [-0.15, -0.1) is 0 Å². The van der Waals surface area contributed by atoms with Gasteiger partial charge in [0.05, 0.1) is 11.4 Å². The van der Waals surface area contributed by atoms with Crippen LogP contribution in [0.2, 0.25) is 0 Å². The van der Waals surface area contributed by atoms with Crippen LogP contribution in [0.4, 0.5) is 4.39 Å². The molecule has 0 aliphatic carbocycles. The van der Waals surface area contributed by atoms with Crippen LogP contribution < -0.4 is 5.73 Å². The van der Waals surface area contributed by atoms with E-state index < -0.39 is 20.9 Å². The Labute approximate surface area is 134 Å². The highest BCUT2D eigenvalue weighted by Crippen LogP contribution is 2.32. The average molecular weight is 330 g/mol. The monoisotopic (exact) mass is 330 g/mol. The average Bonchev–Trinajstić information content (AvgIpc) is 2.56. The Hall–Kier alpha value is -2.24. The highest BCUT2D eigenvalue weighted by atomic mass is 32.2. The predicted molar refractivity (Wildman–Crippen MR) is 88.0 cm³/mol. The molecule has 5 heteroatoms. The van der Waals surface area contributed by atoms with Gasteiger partial charge in [-0.2, -0.15) is 0 Å². The van der Waals surface area contributed by atoms with Crippen LogP contribution in [-0.2, 0) is 9.84 Å². The largest absolute Gasteiger partial charge is 0.356 e. The summed E-state index contributed by atoms with van der Waals surface area (Å²) in [6.07, 6.45) is 0. The second-order valence-corrected chi connectivity index (χ2v) is 7.48. The van der Waals surface area contributed by atoms with Gasteiger partial charge >= 0.3 is 0 Å². The molecule has 0 heterocycles. The molecule has 0 aromatic heterocycles. The third-order valence-corrected chi connectivity index (χ3v) is 6.12. The summed E-state index contributed by atoms with van der Waals surface area (Å²) in [6.45, 7) is 0.202. The first-order valence-corrected chi connectivity index (χ1v) is 8.85. The molecule has 0 aliphatic rings. The molecule has 3 aromatic carbocycles. The standard InChI is InChI=1S/C18H16FNO2S/c19-14-8-10-15(11-9-14)23(21,22)18(12-20)17-7-3-5-13-4-1-2-6-16(13)17/h1-11,18H,12,20H2/p+1/t18-/m0/s1. The van der Waals surface area contributed by atoms with Crippen molar-refractivity contribution in [1.82, 2.24) is 0 Å². The van der Waals surface area contributed by atoms with Crippen LogP contribution in [0.25, 0.3) is 10.8 Å². The van der Waals surface area contributed by atoms with E-state index in [-0.39, 0.29) is 11.4 Å². The predicted octanol–water partition coefficient (Wildman–Crippen LogP) is 2.74. The molecular weight excluding hydrogens is 313 g/mol. The summed E-state index contributed by atoms with van der Waals surface area (Å²) in [4.78, 5) is 0.112. The van der Waals surface area contributed by atoms with E-state index in [9.17, 15) is 12.8 Å². The van der Waals surface area contributed by atoms with Gasteiger partial charge in [0.15, 0.2) is 9.84 Å². The molecule has 3 N–H and O–H groups in total. The van der Waals surface area contributed by atoms with E-state index >= 15 is 0 Å². The van der Waals surface area contributed by atoms with Crippen LogP contribution in [-0.4, -0.2) is 15.0 Å². The van der Waals surface area contributed by atoms with E-state index in [2.05, 4.69) is 5.73 Å². The summed E-state index contributed by atoms with van der Waals surface area (Å²) < 4.78 is 39.0. The minimum absolute atomic E-state index is 0.112. The Kier molecular flexibility index (Phi) is 4.15. The summed E-state index contributed by atoms with van der Waals surface area (Å²) in [5.74, 6) is -0.458. The van der Waals surface area contributed by atoms with Crippen molar-refractivity contribution in [2.45, 2.75) is 10.1 Å². The second kappa shape index (κ2) is 6.10. The van der Waals surface area contributed by atoms with E-state index in [0.717, 1.165) is 28.5 Å². The van der Waals surface area contributed by atoms with E-state index in [1.807, 2.05) is 42.5 Å². The van der Waals surface area contributed by atoms with Crippen molar-refractivity contribution >= 4 is 20.6 Å². The third-order valence-electron chi connectivity index (χ3n) is 3.95. The topological polar surface area (TPSA) is 61.8 Å². The molecule has 0 radical (unpaired) electrons. The highest BCUT2D eigenvalue weighted by Gasteiger charge is 2.30. The zero-order chi connectivity index (χ0) is 16.4. The number of hydrogen-bond acceptors (Lipinski definition) is 2. The van der Waals surface area contributed by atoms with Gasteiger partial charge < -0.3 is 5.73 Å². The van der Waals surface area contributed by atoms with Gasteiger partial charge in [0.2, 0.25) is 0 Å². The van der Waals surface area contributed by atoms with Crippen molar-refractivity contribution in [1.29, 1.82) is 0 Å². The van der Waals surface area contributed by atoms with Crippen molar-refractivity contribution in [2.75, 3.05) is 6.54 Å². The van der Waals surface area contributed by atoms with Crippen molar-refractivity contribution in [2.24, 2.45) is 0 Å². The van der Waals surface area contributed by atoms with Crippen molar-refractivity contribution in [3.05, 3.63) is 78.1 Å². The van der Waals surface area contributed by atoms with Crippen LogP contribution in [0.5, 0.6) is 0 Å². The van der Waals surface area contributed by atoms with Crippen molar-refractivity contribution < 1.29 is 18.5 Å². The van der Waals surface area contributed by atoms with Crippen molar-refractivity contribution in [3.8, 4) is 0 Å². The first-order valence-electron chi connectivity index (χ1n) is 7.30. The molecule has 3 rings (SSSR count). The minimum atomic E-state index is -3.64. The lowest BCUT2D eigenvalue weighted by Crippen LogP contribution is -2.54. The molecule has 0 saturated heterocycles. The SMILES string of the molecule is [NH3+]C[C@@H](c1cccc2ccccc12)S(=O)(=O)c1ccc(F)cc1. The first kappa shape index (κ1) is 15.6. The summed E-state index contributed by atoms with van der Waals surface area (Å²) in [6, 6.07) is 18.2. The first-order chi connectivity index (χ1) is 11.0. The van der Waals surface area contributed by atoms with Gasteiger partial charge in [0.1, 0.15) is 11.1 Å². The smallest absolute Gasteiger partial charge is 0.190 e. The molecule has 0 unspecified atom stereocenters. The Morgan fingerprint density at radius 1 is 0.913 bits per heavy atom. The summed E-state index contributed by atoms with van der Waals surface area (Å²) in [7, 11) is -3.64. The molecular formula is C18H17FNO2S+. The Balaban J connectivity index is 2.17. The molecule has 1 atom stereocenters. The van der Waals surface area contributed by atoms with Gasteiger partial charge in [-0.3, -0.25) is 0 Å². The van der Waals surface area contributed by atoms with E-state index in [4.69, 9.17) is 0 Å². The lowest BCUT2D eigenvalue weighted by molar-refractivity contribution is -0.367. The number of benzene rings is 3. The maximum Gasteiger partial charge on any atom is 0.190 e. The lowest BCUT2D eigenvalue weighted by Gasteiger charge is -2.17. The van der Waals surface area contributed by atoms with Crippen molar-refractivity contribution in [3.63, 3.8) is 0 Å². The lowest BCUT2D eigenvalue weighted by atomic mass is 10.0. The fourth-order valence-corrected chi connectivity index (χ4v) is 4.49. The van der Waals surface area contributed by atoms with Crippen LogP contribution in [0.1, 0.15) is 10.8 Å². The Morgan fingerprint density at radius 2 is 1.57 bits per heavy atom. The fourth-order valence-electron chi connectivity index (χ4n) is 2.80. The normalized spacial score (nSPS) is 13.1. The van der Waals surface area contributed by atoms with Gasteiger partial charge in [0.25, 0.3) is 0 Å². The summed E-state index contributed by atoms with van der Waals surface area (Å²) in [5.41, 5.74) is 4.55. The van der Waals surface area contributed by atoms with E-state index in [1.165, 1.54) is 12.1 Å². The number of sulfone groups is 1. The highest BCUT2D eigenvalue weighted by molar-refractivity contribution is 7.91. The maximum atomic E-state index is 13.1. The Morgan fingerprint density at radius 3 is 2.26 bits per heavy atom. The second-order valence-electron chi connectivity index (χ2n) is 5.34. The number of halogens is 1. The van der Waals surface area contributed by atoms with Gasteiger partial charge in [-0.1, -0.05) is 42.5 Å². The molecule has 118 valence electrons. The zero-order valence-corrected chi connectivity index (χ0v) is 13.3. The van der Waals surface area contributed by atoms with Crippen LogP contribution >= 0.6 is 0 Å². The number of quaternary nitrogens is 1. The molecule has 3 aromatic rings. The molecule has 0 fully saturated rings.